The van der Waals surface area contributed by atoms with Gasteiger partial charge in [0.15, 0.2) is 0 Å². The van der Waals surface area contributed by atoms with E-state index in [0.29, 0.717) is 17.5 Å². The van der Waals surface area contributed by atoms with Crippen molar-refractivity contribution >= 4 is 18.4 Å². The van der Waals surface area contributed by atoms with Gasteiger partial charge in [-0.2, -0.15) is 0 Å². The monoisotopic (exact) mass is 210 g/mol. The van der Waals surface area contributed by atoms with Crippen LogP contribution in [0.3, 0.4) is 0 Å². The van der Waals surface area contributed by atoms with Crippen LogP contribution in [0.15, 0.2) is 30.1 Å². The van der Waals surface area contributed by atoms with E-state index in [4.69, 9.17) is 4.52 Å². The highest BCUT2D eigenvalue weighted by Gasteiger charge is 2.33. The Bertz CT molecular complexity index is 437. The molecule has 1 aromatic carbocycles. The van der Waals surface area contributed by atoms with Crippen LogP contribution < -0.4 is 5.30 Å². The topological polar surface area (TPSA) is 46.5 Å². The van der Waals surface area contributed by atoms with E-state index in [9.17, 15) is 9.67 Å². The maximum absolute atomic E-state index is 12.2. The van der Waals surface area contributed by atoms with Gasteiger partial charge in [-0.1, -0.05) is 18.2 Å². The molecule has 0 aromatic heterocycles. The smallest absolute Gasteiger partial charge is 0.258 e. The van der Waals surface area contributed by atoms with Crippen LogP contribution in [-0.4, -0.2) is 11.7 Å². The van der Waals surface area contributed by atoms with E-state index in [-0.39, 0.29) is 5.76 Å². The first-order valence-electron chi connectivity index (χ1n) is 4.43. The third kappa shape index (κ3) is 1.29. The first-order chi connectivity index (χ1) is 6.67. The second-order valence-electron chi connectivity index (χ2n) is 3.05. The number of benzene rings is 1. The summed E-state index contributed by atoms with van der Waals surface area (Å²) in [6, 6.07) is 7.05. The van der Waals surface area contributed by atoms with Crippen LogP contribution in [0.4, 0.5) is 0 Å². The molecular weight excluding hydrogens is 199 g/mol. The molecule has 1 atom stereocenters. The third-order valence-corrected chi connectivity index (χ3v) is 4.42. The van der Waals surface area contributed by atoms with Crippen LogP contribution in [0.25, 0.3) is 5.76 Å². The number of aliphatic hydroxyl groups is 1. The molecule has 0 spiro atoms. The number of fused-ring (bicyclic) bond motifs is 1. The lowest BCUT2D eigenvalue weighted by Crippen LogP contribution is -2.05. The molecule has 0 radical (unpaired) electrons. The minimum absolute atomic E-state index is 0.0531. The highest BCUT2D eigenvalue weighted by Crippen LogP contribution is 2.54. The summed E-state index contributed by atoms with van der Waals surface area (Å²) in [5.41, 5.74) is 0.615. The lowest BCUT2D eigenvalue weighted by atomic mass is 10.2. The van der Waals surface area contributed by atoms with E-state index in [1.165, 1.54) is 5.82 Å². The van der Waals surface area contributed by atoms with Gasteiger partial charge in [0.2, 0.25) is 0 Å². The molecule has 0 aliphatic carbocycles. The highest BCUT2D eigenvalue weighted by atomic mass is 31.2. The minimum Gasteiger partial charge on any atom is -0.507 e. The zero-order valence-electron chi connectivity index (χ0n) is 7.80. The zero-order valence-corrected chi connectivity index (χ0v) is 8.70. The Morgan fingerprint density at radius 1 is 1.43 bits per heavy atom. The summed E-state index contributed by atoms with van der Waals surface area (Å²) in [7, 11) is -2.93. The van der Waals surface area contributed by atoms with E-state index in [1.807, 2.05) is 0 Å². The van der Waals surface area contributed by atoms with Crippen molar-refractivity contribution in [3.63, 3.8) is 0 Å². The van der Waals surface area contributed by atoms with Crippen molar-refractivity contribution in [1.29, 1.82) is 0 Å². The standard InChI is InChI=1S/C10H11O3P/c1-2-13-14(12)7-9(11)8-5-3-4-6-10(8)14/h3-7,11H,2H2,1H3. The Morgan fingerprint density at radius 2 is 2.14 bits per heavy atom. The Hall–Kier alpha value is -1.05. The summed E-state index contributed by atoms with van der Waals surface area (Å²) in [6.45, 7) is 2.15. The highest BCUT2D eigenvalue weighted by molar-refractivity contribution is 7.71. The van der Waals surface area contributed by atoms with Gasteiger partial charge >= 0.3 is 0 Å². The quantitative estimate of drug-likeness (QED) is 0.763. The van der Waals surface area contributed by atoms with Gasteiger partial charge in [-0.15, -0.1) is 0 Å². The molecular formula is C10H11O3P. The molecule has 1 N–H and O–H groups in total. The number of aliphatic hydroxyl groups excluding tert-OH is 1. The van der Waals surface area contributed by atoms with E-state index < -0.39 is 7.37 Å². The van der Waals surface area contributed by atoms with Crippen LogP contribution in [0, 0.1) is 0 Å². The lowest BCUT2D eigenvalue weighted by Gasteiger charge is -2.10. The zero-order chi connectivity index (χ0) is 10.2. The summed E-state index contributed by atoms with van der Waals surface area (Å²) in [4.78, 5) is 0. The SMILES string of the molecule is CCOP1(=O)C=C(O)c2ccccc21. The molecule has 0 saturated heterocycles. The van der Waals surface area contributed by atoms with Gasteiger partial charge in [0.25, 0.3) is 7.37 Å². The number of rotatable bonds is 2. The predicted molar refractivity (Wildman–Crippen MR) is 55.9 cm³/mol. The van der Waals surface area contributed by atoms with Crippen LogP contribution in [0.2, 0.25) is 0 Å². The molecule has 1 heterocycles. The van der Waals surface area contributed by atoms with Crippen molar-refractivity contribution in [2.45, 2.75) is 6.92 Å². The predicted octanol–water partition coefficient (Wildman–Crippen LogP) is 2.50. The molecule has 2 rings (SSSR count). The molecule has 4 heteroatoms. The van der Waals surface area contributed by atoms with Crippen LogP contribution in [0.1, 0.15) is 12.5 Å². The molecule has 74 valence electrons. The fraction of sp³-hybridized carbons (Fsp3) is 0.200. The van der Waals surface area contributed by atoms with Crippen molar-refractivity contribution in [1.82, 2.24) is 0 Å². The molecule has 0 amide bonds. The molecule has 14 heavy (non-hydrogen) atoms. The van der Waals surface area contributed by atoms with Crippen molar-refractivity contribution in [2.75, 3.05) is 6.61 Å². The fourth-order valence-corrected chi connectivity index (χ4v) is 3.58. The Kier molecular flexibility index (Phi) is 2.22. The summed E-state index contributed by atoms with van der Waals surface area (Å²) in [6.07, 6.45) is 0. The first-order valence-corrected chi connectivity index (χ1v) is 6.13. The van der Waals surface area contributed by atoms with Gasteiger partial charge in [0.1, 0.15) is 5.76 Å². The van der Waals surface area contributed by atoms with Gasteiger partial charge in [-0.3, -0.25) is 4.57 Å². The first kappa shape index (κ1) is 9.50. The Morgan fingerprint density at radius 3 is 2.86 bits per heavy atom. The third-order valence-electron chi connectivity index (χ3n) is 2.13. The van der Waals surface area contributed by atoms with Crippen molar-refractivity contribution in [2.24, 2.45) is 0 Å². The normalized spacial score (nSPS) is 24.5. The van der Waals surface area contributed by atoms with Crippen molar-refractivity contribution in [3.8, 4) is 0 Å². The molecule has 0 fully saturated rings. The molecule has 1 aliphatic heterocycles. The number of hydrogen-bond acceptors (Lipinski definition) is 3. The molecule has 0 saturated carbocycles. The summed E-state index contributed by atoms with van der Waals surface area (Å²) in [5.74, 6) is 1.37. The van der Waals surface area contributed by atoms with Crippen LogP contribution >= 0.6 is 7.37 Å². The maximum atomic E-state index is 12.2. The summed E-state index contributed by atoms with van der Waals surface area (Å²) in [5, 5.41) is 10.1. The van der Waals surface area contributed by atoms with Gasteiger partial charge in [-0.05, 0) is 13.0 Å². The van der Waals surface area contributed by atoms with Crippen LogP contribution in [-0.2, 0) is 9.09 Å². The Labute approximate surface area is 82.5 Å². The van der Waals surface area contributed by atoms with E-state index >= 15 is 0 Å². The van der Waals surface area contributed by atoms with Gasteiger partial charge in [-0.25, -0.2) is 0 Å². The van der Waals surface area contributed by atoms with E-state index in [2.05, 4.69) is 0 Å². The van der Waals surface area contributed by atoms with E-state index in [0.717, 1.165) is 0 Å². The minimum atomic E-state index is -2.93. The van der Waals surface area contributed by atoms with Gasteiger partial charge < -0.3 is 9.63 Å². The molecule has 1 aliphatic rings. The van der Waals surface area contributed by atoms with E-state index in [1.54, 1.807) is 31.2 Å². The molecule has 0 bridgehead atoms. The largest absolute Gasteiger partial charge is 0.507 e. The van der Waals surface area contributed by atoms with Crippen molar-refractivity contribution < 1.29 is 14.2 Å². The Balaban J connectivity index is 2.57. The average Bonchev–Trinajstić information content (AvgIpc) is 2.41. The second kappa shape index (κ2) is 3.26. The second-order valence-corrected chi connectivity index (χ2v) is 5.24. The molecule has 1 unspecified atom stereocenters. The summed E-state index contributed by atoms with van der Waals surface area (Å²) < 4.78 is 17.4. The molecule has 1 aromatic rings. The lowest BCUT2D eigenvalue weighted by molar-refractivity contribution is 0.347. The number of hydrogen-bond donors (Lipinski definition) is 1. The van der Waals surface area contributed by atoms with Gasteiger partial charge in [0.05, 0.1) is 11.9 Å². The maximum Gasteiger partial charge on any atom is 0.258 e. The molecule has 3 nitrogen and oxygen atoms in total. The van der Waals surface area contributed by atoms with Crippen LogP contribution in [0.5, 0.6) is 0 Å². The summed E-state index contributed by atoms with van der Waals surface area (Å²) >= 11 is 0. The van der Waals surface area contributed by atoms with Crippen molar-refractivity contribution in [3.05, 3.63) is 35.6 Å². The average molecular weight is 210 g/mol. The van der Waals surface area contributed by atoms with Gasteiger partial charge in [0, 0.05) is 11.4 Å². The fourth-order valence-electron chi connectivity index (χ4n) is 1.56.